The maximum atomic E-state index is 13.1. The van der Waals surface area contributed by atoms with Gasteiger partial charge in [-0.15, -0.1) is 11.3 Å². The zero-order valence-electron chi connectivity index (χ0n) is 16.6. The molecule has 1 aromatic rings. The van der Waals surface area contributed by atoms with E-state index >= 15 is 0 Å². The number of nitrogens with zero attached hydrogens (tertiary/aromatic N) is 1. The van der Waals surface area contributed by atoms with Crippen molar-refractivity contribution in [3.8, 4) is 0 Å². The normalized spacial score (nSPS) is 22.9. The van der Waals surface area contributed by atoms with Gasteiger partial charge in [-0.3, -0.25) is 9.79 Å². The van der Waals surface area contributed by atoms with Gasteiger partial charge >= 0.3 is 11.9 Å². The van der Waals surface area contributed by atoms with Crippen molar-refractivity contribution in [2.24, 2.45) is 10.9 Å². The molecular formula is C21H27NO5S. The van der Waals surface area contributed by atoms with Crippen molar-refractivity contribution >= 4 is 29.0 Å². The van der Waals surface area contributed by atoms with Crippen molar-refractivity contribution in [3.63, 3.8) is 0 Å². The van der Waals surface area contributed by atoms with Gasteiger partial charge in [-0.1, -0.05) is 6.07 Å². The molecule has 1 aliphatic heterocycles. The van der Waals surface area contributed by atoms with Crippen LogP contribution in [0.5, 0.6) is 0 Å². The van der Waals surface area contributed by atoms with E-state index < -0.39 is 17.8 Å². The number of aliphatic imine (C=N–C) groups is 1. The molecule has 7 heteroatoms. The molecule has 2 unspecified atom stereocenters. The zero-order valence-corrected chi connectivity index (χ0v) is 17.4. The van der Waals surface area contributed by atoms with E-state index in [0.717, 1.165) is 30.6 Å². The monoisotopic (exact) mass is 405 g/mol. The lowest BCUT2D eigenvalue weighted by atomic mass is 9.79. The third kappa shape index (κ3) is 4.52. The predicted octanol–water partition coefficient (Wildman–Crippen LogP) is 3.87. The number of carbonyl (C=O) groups is 2. The summed E-state index contributed by atoms with van der Waals surface area (Å²) < 4.78 is 16.1. The number of ether oxygens (including phenoxy) is 3. The van der Waals surface area contributed by atoms with Gasteiger partial charge in [0.25, 0.3) is 0 Å². The van der Waals surface area contributed by atoms with E-state index in [0.29, 0.717) is 23.6 Å². The van der Waals surface area contributed by atoms with Crippen LogP contribution in [0.4, 0.5) is 0 Å². The van der Waals surface area contributed by atoms with Crippen molar-refractivity contribution in [3.05, 3.63) is 33.7 Å². The molecule has 1 fully saturated rings. The van der Waals surface area contributed by atoms with Crippen molar-refractivity contribution in [1.82, 2.24) is 0 Å². The molecule has 2 heterocycles. The van der Waals surface area contributed by atoms with Crippen LogP contribution in [0, 0.1) is 5.92 Å². The first-order chi connectivity index (χ1) is 13.5. The minimum absolute atomic E-state index is 0.0339. The fourth-order valence-corrected chi connectivity index (χ4v) is 4.79. The molecule has 0 N–H and O–H groups in total. The van der Waals surface area contributed by atoms with Crippen LogP contribution in [0.1, 0.15) is 50.3 Å². The first-order valence-electron chi connectivity index (χ1n) is 9.68. The van der Waals surface area contributed by atoms with E-state index in [1.54, 1.807) is 14.0 Å². The van der Waals surface area contributed by atoms with E-state index in [1.807, 2.05) is 24.4 Å². The van der Waals surface area contributed by atoms with Gasteiger partial charge in [0.2, 0.25) is 0 Å². The first-order valence-corrected chi connectivity index (χ1v) is 10.6. The fourth-order valence-electron chi connectivity index (χ4n) is 3.92. The van der Waals surface area contributed by atoms with Crippen LogP contribution < -0.4 is 0 Å². The molecule has 0 bridgehead atoms. The summed E-state index contributed by atoms with van der Waals surface area (Å²) in [6.45, 7) is 4.09. The summed E-state index contributed by atoms with van der Waals surface area (Å²) in [7, 11) is 1.55. The second-order valence-corrected chi connectivity index (χ2v) is 8.17. The molecule has 0 amide bonds. The molecule has 152 valence electrons. The predicted molar refractivity (Wildman–Crippen MR) is 108 cm³/mol. The molecule has 0 spiro atoms. The first kappa shape index (κ1) is 20.7. The summed E-state index contributed by atoms with van der Waals surface area (Å²) in [4.78, 5) is 31.4. The number of hydrogen-bond acceptors (Lipinski definition) is 7. The van der Waals surface area contributed by atoms with Crippen LogP contribution in [0.3, 0.4) is 0 Å². The number of methoxy groups -OCH3 is 1. The molecule has 1 aliphatic carbocycles. The van der Waals surface area contributed by atoms with Gasteiger partial charge in [-0.2, -0.15) is 0 Å². The summed E-state index contributed by atoms with van der Waals surface area (Å²) >= 11 is 1.52. The highest BCUT2D eigenvalue weighted by Gasteiger charge is 2.43. The van der Waals surface area contributed by atoms with Crippen LogP contribution >= 0.6 is 11.3 Å². The van der Waals surface area contributed by atoms with Gasteiger partial charge in [0.05, 0.1) is 12.2 Å². The van der Waals surface area contributed by atoms with Crippen LogP contribution in [-0.4, -0.2) is 44.1 Å². The highest BCUT2D eigenvalue weighted by atomic mass is 32.1. The number of carbonyl (C=O) groups excluding carboxylic acids is 2. The Labute approximate surface area is 169 Å². The summed E-state index contributed by atoms with van der Waals surface area (Å²) in [6.07, 6.45) is 3.94. The van der Waals surface area contributed by atoms with E-state index in [4.69, 9.17) is 14.2 Å². The highest BCUT2D eigenvalue weighted by molar-refractivity contribution is 7.10. The van der Waals surface area contributed by atoms with E-state index in [9.17, 15) is 9.59 Å². The van der Waals surface area contributed by atoms with E-state index in [-0.39, 0.29) is 18.7 Å². The Kier molecular flexibility index (Phi) is 7.02. The quantitative estimate of drug-likeness (QED) is 0.508. The van der Waals surface area contributed by atoms with Crippen molar-refractivity contribution in [1.29, 1.82) is 0 Å². The lowest BCUT2D eigenvalue weighted by Gasteiger charge is -2.31. The topological polar surface area (TPSA) is 74.2 Å². The molecule has 2 aliphatic rings. The van der Waals surface area contributed by atoms with Gasteiger partial charge < -0.3 is 14.2 Å². The maximum Gasteiger partial charge on any atom is 0.336 e. The maximum absolute atomic E-state index is 13.1. The lowest BCUT2D eigenvalue weighted by Crippen LogP contribution is -2.37. The number of esters is 2. The molecule has 0 saturated heterocycles. The van der Waals surface area contributed by atoms with E-state index in [2.05, 4.69) is 4.99 Å². The Morgan fingerprint density at radius 3 is 2.61 bits per heavy atom. The average Bonchev–Trinajstić information content (AvgIpc) is 3.34. The third-order valence-electron chi connectivity index (χ3n) is 5.26. The average molecular weight is 406 g/mol. The Hall–Kier alpha value is -1.99. The molecule has 6 nitrogen and oxygen atoms in total. The second kappa shape index (κ2) is 9.47. The largest absolute Gasteiger partial charge is 0.462 e. The number of thiophene rings is 1. The second-order valence-electron chi connectivity index (χ2n) is 7.20. The van der Waals surface area contributed by atoms with Crippen LogP contribution in [0.15, 0.2) is 33.8 Å². The molecule has 1 aromatic heterocycles. The smallest absolute Gasteiger partial charge is 0.336 e. The molecule has 3 rings (SSSR count). The summed E-state index contributed by atoms with van der Waals surface area (Å²) in [5, 5.41) is 1.94. The fraction of sp³-hybridized carbons (Fsp3) is 0.571. The Bertz CT molecular complexity index is 762. The van der Waals surface area contributed by atoms with Gasteiger partial charge in [0.1, 0.15) is 18.6 Å². The van der Waals surface area contributed by atoms with Crippen molar-refractivity contribution in [2.75, 3.05) is 20.3 Å². The summed E-state index contributed by atoms with van der Waals surface area (Å²) in [6, 6.07) is 3.86. The standard InChI is InChI=1S/C21H27NO5S/c1-13-17(20(23)26-11-10-25-3)19(16-9-6-12-28-16)18(14(2)22-13)21(24)27-15-7-4-5-8-15/h6,9,12,15,18-19H,4-5,7-8,10-11H2,1-3H3. The van der Waals surface area contributed by atoms with Crippen molar-refractivity contribution in [2.45, 2.75) is 51.6 Å². The molecule has 28 heavy (non-hydrogen) atoms. The van der Waals surface area contributed by atoms with Gasteiger partial charge in [-0.05, 0) is 51.0 Å². The number of rotatable bonds is 7. The number of allylic oxidation sites excluding steroid dienone is 1. The minimum atomic E-state index is -0.618. The molecular weight excluding hydrogens is 378 g/mol. The Balaban J connectivity index is 1.91. The summed E-state index contributed by atoms with van der Waals surface area (Å²) in [5.74, 6) is -1.82. The lowest BCUT2D eigenvalue weighted by molar-refractivity contribution is -0.151. The SMILES string of the molecule is COCCOC(=O)C1=C(C)N=C(C)C(C(=O)OC2CCCC2)C1c1cccs1. The number of hydrogen-bond donors (Lipinski definition) is 0. The Morgan fingerprint density at radius 2 is 1.96 bits per heavy atom. The molecule has 1 saturated carbocycles. The molecule has 2 atom stereocenters. The van der Waals surface area contributed by atoms with Crippen molar-refractivity contribution < 1.29 is 23.8 Å². The third-order valence-corrected chi connectivity index (χ3v) is 6.21. The van der Waals surface area contributed by atoms with Gasteiger partial charge in [0, 0.05) is 29.3 Å². The van der Waals surface area contributed by atoms with Gasteiger partial charge in [-0.25, -0.2) is 4.79 Å². The van der Waals surface area contributed by atoms with E-state index in [1.165, 1.54) is 11.3 Å². The zero-order chi connectivity index (χ0) is 20.1. The molecule has 0 aromatic carbocycles. The van der Waals surface area contributed by atoms with Crippen LogP contribution in [-0.2, 0) is 23.8 Å². The van der Waals surface area contributed by atoms with Crippen LogP contribution in [0.25, 0.3) is 0 Å². The van der Waals surface area contributed by atoms with Crippen LogP contribution in [0.2, 0.25) is 0 Å². The highest BCUT2D eigenvalue weighted by Crippen LogP contribution is 2.42. The minimum Gasteiger partial charge on any atom is -0.462 e. The van der Waals surface area contributed by atoms with Gasteiger partial charge in [0.15, 0.2) is 0 Å². The summed E-state index contributed by atoms with van der Waals surface area (Å²) in [5.41, 5.74) is 1.69. The Morgan fingerprint density at radius 1 is 1.21 bits per heavy atom. The molecule has 0 radical (unpaired) electrons.